The fourth-order valence-corrected chi connectivity index (χ4v) is 1.28. The molecule has 1 rings (SSSR count). The van der Waals surface area contributed by atoms with Crippen LogP contribution in [0, 0.1) is 18.7 Å². The number of anilines is 1. The summed E-state index contributed by atoms with van der Waals surface area (Å²) in [5, 5.41) is 2.87. The molecule has 0 saturated carbocycles. The van der Waals surface area contributed by atoms with Gasteiger partial charge in [-0.05, 0) is 36.6 Å². The van der Waals surface area contributed by atoms with Crippen molar-refractivity contribution < 1.29 is 4.39 Å². The lowest BCUT2D eigenvalue weighted by atomic mass is 10.2. The minimum Gasteiger partial charge on any atom is -0.370 e. The summed E-state index contributed by atoms with van der Waals surface area (Å²) < 4.78 is 13.1. The average Bonchev–Trinajstić information content (AvgIpc) is 2.12. The lowest BCUT2D eigenvalue weighted by Crippen LogP contribution is -2.23. The highest BCUT2D eigenvalue weighted by Crippen LogP contribution is 2.12. The Hall–Kier alpha value is -1.58. The molecule has 0 atom stereocenters. The Morgan fingerprint density at radius 2 is 2.12 bits per heavy atom. The van der Waals surface area contributed by atoms with E-state index < -0.39 is 0 Å². The predicted molar refractivity (Wildman–Crippen MR) is 66.1 cm³/mol. The lowest BCUT2D eigenvalue weighted by molar-refractivity contribution is 0.627. The summed E-state index contributed by atoms with van der Waals surface area (Å²) in [7, 11) is 0. The Bertz CT molecular complexity index is 366. The fourth-order valence-electron chi connectivity index (χ4n) is 1.28. The van der Waals surface area contributed by atoms with Gasteiger partial charge in [-0.25, -0.2) is 4.39 Å². The third-order valence-corrected chi connectivity index (χ3v) is 1.94. The summed E-state index contributed by atoms with van der Waals surface area (Å²) in [6.07, 6.45) is 0. The van der Waals surface area contributed by atoms with Crippen molar-refractivity contribution >= 4 is 11.6 Å². The summed E-state index contributed by atoms with van der Waals surface area (Å²) in [5.74, 6) is 0.493. The van der Waals surface area contributed by atoms with Gasteiger partial charge in [0.25, 0.3) is 0 Å². The van der Waals surface area contributed by atoms with Crippen LogP contribution in [0.4, 0.5) is 10.1 Å². The highest BCUT2D eigenvalue weighted by molar-refractivity contribution is 5.92. The number of nitrogens with two attached hydrogens (primary N) is 1. The maximum atomic E-state index is 13.1. The molecule has 3 nitrogen and oxygen atoms in total. The smallest absolute Gasteiger partial charge is 0.193 e. The number of halogens is 1. The van der Waals surface area contributed by atoms with E-state index in [1.807, 2.05) is 13.0 Å². The number of nitrogens with one attached hydrogen (secondary N) is 1. The number of guanidine groups is 1. The molecule has 0 aliphatic heterocycles. The zero-order valence-electron chi connectivity index (χ0n) is 9.92. The Morgan fingerprint density at radius 1 is 1.44 bits per heavy atom. The van der Waals surface area contributed by atoms with Crippen molar-refractivity contribution in [2.45, 2.75) is 20.8 Å². The second kappa shape index (κ2) is 5.49. The molecule has 0 unspecified atom stereocenters. The van der Waals surface area contributed by atoms with Gasteiger partial charge in [-0.1, -0.05) is 13.8 Å². The van der Waals surface area contributed by atoms with Crippen LogP contribution in [0.15, 0.2) is 23.2 Å². The normalized spacial score (nSPS) is 11.9. The Balaban J connectivity index is 2.69. The third-order valence-electron chi connectivity index (χ3n) is 1.94. The van der Waals surface area contributed by atoms with Crippen molar-refractivity contribution in [2.75, 3.05) is 11.9 Å². The van der Waals surface area contributed by atoms with Crippen LogP contribution >= 0.6 is 0 Å². The molecule has 0 saturated heterocycles. The van der Waals surface area contributed by atoms with Crippen LogP contribution in [0.3, 0.4) is 0 Å². The van der Waals surface area contributed by atoms with Crippen molar-refractivity contribution in [2.24, 2.45) is 16.6 Å². The van der Waals surface area contributed by atoms with Crippen molar-refractivity contribution in [3.8, 4) is 0 Å². The number of benzene rings is 1. The van der Waals surface area contributed by atoms with Gasteiger partial charge in [-0.3, -0.25) is 4.99 Å². The molecule has 0 radical (unpaired) electrons. The second-order valence-electron chi connectivity index (χ2n) is 4.26. The standard InChI is InChI=1S/C12H18FN3/c1-8(2)7-15-12(14)16-11-5-9(3)4-10(13)6-11/h4-6,8H,7H2,1-3H3,(H3,14,15,16). The minimum atomic E-state index is -0.279. The van der Waals surface area contributed by atoms with E-state index in [0.717, 1.165) is 5.56 Å². The first-order chi connectivity index (χ1) is 7.47. The van der Waals surface area contributed by atoms with Gasteiger partial charge in [0.15, 0.2) is 5.96 Å². The van der Waals surface area contributed by atoms with Gasteiger partial charge in [0.1, 0.15) is 5.82 Å². The van der Waals surface area contributed by atoms with E-state index in [0.29, 0.717) is 24.1 Å². The van der Waals surface area contributed by atoms with E-state index in [1.165, 1.54) is 12.1 Å². The SMILES string of the molecule is Cc1cc(F)cc(NC(N)=NCC(C)C)c1. The monoisotopic (exact) mass is 223 g/mol. The van der Waals surface area contributed by atoms with Crippen LogP contribution in [-0.4, -0.2) is 12.5 Å². The molecule has 88 valence electrons. The summed E-state index contributed by atoms with van der Waals surface area (Å²) in [4.78, 5) is 4.14. The van der Waals surface area contributed by atoms with E-state index in [2.05, 4.69) is 24.2 Å². The first-order valence-electron chi connectivity index (χ1n) is 5.31. The maximum absolute atomic E-state index is 13.1. The number of hydrogen-bond acceptors (Lipinski definition) is 1. The highest BCUT2D eigenvalue weighted by Gasteiger charge is 1.99. The number of aryl methyl sites for hydroxylation is 1. The minimum absolute atomic E-state index is 0.279. The predicted octanol–water partition coefficient (Wildman–Crippen LogP) is 2.52. The molecule has 4 heteroatoms. The van der Waals surface area contributed by atoms with E-state index >= 15 is 0 Å². The molecule has 16 heavy (non-hydrogen) atoms. The van der Waals surface area contributed by atoms with Crippen molar-refractivity contribution in [1.29, 1.82) is 0 Å². The molecular formula is C12H18FN3. The number of aliphatic imine (C=N–C) groups is 1. The second-order valence-corrected chi connectivity index (χ2v) is 4.26. The van der Waals surface area contributed by atoms with Gasteiger partial charge < -0.3 is 11.1 Å². The van der Waals surface area contributed by atoms with Gasteiger partial charge in [0, 0.05) is 12.2 Å². The van der Waals surface area contributed by atoms with Gasteiger partial charge >= 0.3 is 0 Å². The van der Waals surface area contributed by atoms with E-state index in [-0.39, 0.29) is 5.82 Å². The molecule has 0 aromatic heterocycles. The summed E-state index contributed by atoms with van der Waals surface area (Å²) in [6.45, 7) is 6.61. The molecule has 0 spiro atoms. The molecule has 0 aliphatic rings. The number of hydrogen-bond donors (Lipinski definition) is 2. The molecule has 1 aromatic rings. The van der Waals surface area contributed by atoms with Crippen LogP contribution in [0.1, 0.15) is 19.4 Å². The van der Waals surface area contributed by atoms with Crippen molar-refractivity contribution in [3.05, 3.63) is 29.6 Å². The van der Waals surface area contributed by atoms with Crippen LogP contribution < -0.4 is 11.1 Å². The van der Waals surface area contributed by atoms with Crippen molar-refractivity contribution in [3.63, 3.8) is 0 Å². The molecule has 0 bridgehead atoms. The lowest BCUT2D eigenvalue weighted by Gasteiger charge is -2.07. The number of rotatable bonds is 3. The molecule has 3 N–H and O–H groups in total. The molecular weight excluding hydrogens is 205 g/mol. The van der Waals surface area contributed by atoms with Crippen LogP contribution in [0.5, 0.6) is 0 Å². The summed E-state index contributed by atoms with van der Waals surface area (Å²) in [6, 6.07) is 4.68. The van der Waals surface area contributed by atoms with Crippen LogP contribution in [0.2, 0.25) is 0 Å². The molecule has 0 fully saturated rings. The van der Waals surface area contributed by atoms with Crippen molar-refractivity contribution in [1.82, 2.24) is 0 Å². The Morgan fingerprint density at radius 3 is 2.69 bits per heavy atom. The molecule has 0 aliphatic carbocycles. The van der Waals surface area contributed by atoms with Gasteiger partial charge in [0.2, 0.25) is 0 Å². The molecule has 0 amide bonds. The quantitative estimate of drug-likeness (QED) is 0.611. The van der Waals surface area contributed by atoms with E-state index in [1.54, 1.807) is 0 Å². The first-order valence-corrected chi connectivity index (χ1v) is 5.31. The zero-order chi connectivity index (χ0) is 12.1. The summed E-state index contributed by atoms with van der Waals surface area (Å²) in [5.41, 5.74) is 7.14. The fraction of sp³-hybridized carbons (Fsp3) is 0.417. The van der Waals surface area contributed by atoms with Crippen LogP contribution in [-0.2, 0) is 0 Å². The average molecular weight is 223 g/mol. The third kappa shape index (κ3) is 4.29. The first kappa shape index (κ1) is 12.5. The Kier molecular flexibility index (Phi) is 4.28. The van der Waals surface area contributed by atoms with Crippen LogP contribution in [0.25, 0.3) is 0 Å². The van der Waals surface area contributed by atoms with Gasteiger partial charge in [-0.2, -0.15) is 0 Å². The van der Waals surface area contributed by atoms with E-state index in [4.69, 9.17) is 5.73 Å². The summed E-state index contributed by atoms with van der Waals surface area (Å²) >= 11 is 0. The topological polar surface area (TPSA) is 50.4 Å². The molecule has 0 heterocycles. The van der Waals surface area contributed by atoms with Gasteiger partial charge in [-0.15, -0.1) is 0 Å². The Labute approximate surface area is 95.6 Å². The largest absolute Gasteiger partial charge is 0.370 e. The van der Waals surface area contributed by atoms with E-state index in [9.17, 15) is 4.39 Å². The highest BCUT2D eigenvalue weighted by atomic mass is 19.1. The molecule has 1 aromatic carbocycles. The van der Waals surface area contributed by atoms with Gasteiger partial charge in [0.05, 0.1) is 0 Å². The number of nitrogens with zero attached hydrogens (tertiary/aromatic N) is 1. The zero-order valence-corrected chi connectivity index (χ0v) is 9.92. The maximum Gasteiger partial charge on any atom is 0.193 e.